The van der Waals surface area contributed by atoms with E-state index in [1.807, 2.05) is 0 Å². The van der Waals surface area contributed by atoms with Gasteiger partial charge in [0, 0.05) is 26.1 Å². The van der Waals surface area contributed by atoms with Gasteiger partial charge in [0.2, 0.25) is 0 Å². The fourth-order valence-electron chi connectivity index (χ4n) is 1.21. The molecular formula is C9H12N2O3. The molecule has 1 aliphatic rings. The van der Waals surface area contributed by atoms with Crippen LogP contribution in [0.2, 0.25) is 0 Å². The van der Waals surface area contributed by atoms with E-state index in [0.717, 1.165) is 0 Å². The SMILES string of the molecule is CNC(=O)NC=C1C(=O)CCCC1=O. The first-order valence-electron chi connectivity index (χ1n) is 4.40. The standard InChI is InChI=1S/C9H12N2O3/c1-10-9(14)11-5-6-7(12)3-2-4-8(6)13/h5H,2-4H2,1H3,(H2,10,11,14). The van der Waals surface area contributed by atoms with E-state index in [0.29, 0.717) is 19.3 Å². The average molecular weight is 196 g/mol. The number of ketones is 2. The summed E-state index contributed by atoms with van der Waals surface area (Å²) < 4.78 is 0. The maximum absolute atomic E-state index is 11.2. The molecule has 5 heteroatoms. The van der Waals surface area contributed by atoms with Crippen LogP contribution in [0.5, 0.6) is 0 Å². The predicted molar refractivity (Wildman–Crippen MR) is 49.5 cm³/mol. The molecule has 0 bridgehead atoms. The molecule has 1 saturated carbocycles. The quantitative estimate of drug-likeness (QED) is 0.462. The van der Waals surface area contributed by atoms with Crippen molar-refractivity contribution in [3.05, 3.63) is 11.8 Å². The third-order valence-electron chi connectivity index (χ3n) is 1.98. The van der Waals surface area contributed by atoms with Crippen molar-refractivity contribution in [3.8, 4) is 0 Å². The second kappa shape index (κ2) is 4.55. The van der Waals surface area contributed by atoms with Crippen molar-refractivity contribution in [2.75, 3.05) is 7.05 Å². The van der Waals surface area contributed by atoms with E-state index >= 15 is 0 Å². The molecule has 5 nitrogen and oxygen atoms in total. The highest BCUT2D eigenvalue weighted by molar-refractivity contribution is 6.21. The Morgan fingerprint density at radius 1 is 1.29 bits per heavy atom. The fraction of sp³-hybridized carbons (Fsp3) is 0.444. The van der Waals surface area contributed by atoms with Gasteiger partial charge in [-0.05, 0) is 6.42 Å². The normalized spacial score (nSPS) is 16.5. The predicted octanol–water partition coefficient (Wildman–Crippen LogP) is 0.121. The molecule has 1 aliphatic carbocycles. The van der Waals surface area contributed by atoms with Crippen LogP contribution in [0.1, 0.15) is 19.3 Å². The van der Waals surface area contributed by atoms with Gasteiger partial charge in [0.05, 0.1) is 5.57 Å². The summed E-state index contributed by atoms with van der Waals surface area (Å²) in [5, 5.41) is 4.63. The lowest BCUT2D eigenvalue weighted by atomic mass is 9.93. The summed E-state index contributed by atoms with van der Waals surface area (Å²) in [6.45, 7) is 0. The summed E-state index contributed by atoms with van der Waals surface area (Å²) in [5.41, 5.74) is 0.0971. The summed E-state index contributed by atoms with van der Waals surface area (Å²) in [7, 11) is 1.46. The van der Waals surface area contributed by atoms with Crippen molar-refractivity contribution in [3.63, 3.8) is 0 Å². The van der Waals surface area contributed by atoms with Gasteiger partial charge in [0.15, 0.2) is 11.6 Å². The molecule has 0 aliphatic heterocycles. The van der Waals surface area contributed by atoms with Crippen LogP contribution in [-0.2, 0) is 9.59 Å². The Labute approximate surface area is 81.5 Å². The van der Waals surface area contributed by atoms with Gasteiger partial charge in [-0.15, -0.1) is 0 Å². The topological polar surface area (TPSA) is 75.3 Å². The highest BCUT2D eigenvalue weighted by Gasteiger charge is 2.22. The summed E-state index contributed by atoms with van der Waals surface area (Å²) in [6, 6.07) is -0.441. The Kier molecular flexibility index (Phi) is 3.39. The molecule has 0 heterocycles. The highest BCUT2D eigenvalue weighted by atomic mass is 16.2. The van der Waals surface area contributed by atoms with Crippen molar-refractivity contribution < 1.29 is 14.4 Å². The Balaban J connectivity index is 2.68. The van der Waals surface area contributed by atoms with Gasteiger partial charge in [-0.1, -0.05) is 0 Å². The lowest BCUT2D eigenvalue weighted by molar-refractivity contribution is -0.123. The zero-order valence-electron chi connectivity index (χ0n) is 7.92. The molecule has 0 aromatic carbocycles. The van der Waals surface area contributed by atoms with E-state index < -0.39 is 6.03 Å². The van der Waals surface area contributed by atoms with Crippen LogP contribution in [-0.4, -0.2) is 24.6 Å². The number of hydrogen-bond donors (Lipinski definition) is 2. The number of nitrogens with one attached hydrogen (secondary N) is 2. The van der Waals surface area contributed by atoms with Crippen LogP contribution in [0.4, 0.5) is 4.79 Å². The average Bonchev–Trinajstić information content (AvgIpc) is 2.16. The Morgan fingerprint density at radius 3 is 2.36 bits per heavy atom. The summed E-state index contributed by atoms with van der Waals surface area (Å²) in [5.74, 6) is -0.393. The van der Waals surface area contributed by atoms with Crippen molar-refractivity contribution >= 4 is 17.6 Å². The van der Waals surface area contributed by atoms with Gasteiger partial charge in [0.1, 0.15) is 0 Å². The van der Waals surface area contributed by atoms with E-state index in [4.69, 9.17) is 0 Å². The third-order valence-corrected chi connectivity index (χ3v) is 1.98. The van der Waals surface area contributed by atoms with Crippen molar-refractivity contribution in [2.24, 2.45) is 0 Å². The van der Waals surface area contributed by atoms with Gasteiger partial charge < -0.3 is 10.6 Å². The number of amides is 2. The van der Waals surface area contributed by atoms with Crippen LogP contribution in [0.15, 0.2) is 11.8 Å². The number of carbonyl (C=O) groups is 3. The first kappa shape index (κ1) is 10.4. The van der Waals surface area contributed by atoms with Crippen molar-refractivity contribution in [2.45, 2.75) is 19.3 Å². The van der Waals surface area contributed by atoms with E-state index in [-0.39, 0.29) is 17.1 Å². The minimum Gasteiger partial charge on any atom is -0.341 e. The number of carbonyl (C=O) groups excluding carboxylic acids is 3. The molecule has 0 unspecified atom stereocenters. The smallest absolute Gasteiger partial charge is 0.318 e. The maximum atomic E-state index is 11.2. The monoisotopic (exact) mass is 196 g/mol. The minimum absolute atomic E-state index is 0.0971. The first-order chi connectivity index (χ1) is 6.65. The molecule has 0 spiro atoms. The Hall–Kier alpha value is -1.65. The minimum atomic E-state index is -0.441. The van der Waals surface area contributed by atoms with Gasteiger partial charge in [-0.3, -0.25) is 9.59 Å². The van der Waals surface area contributed by atoms with Gasteiger partial charge in [0.25, 0.3) is 0 Å². The molecule has 0 aromatic rings. The third kappa shape index (κ3) is 2.42. The summed E-state index contributed by atoms with van der Waals surface area (Å²) in [4.78, 5) is 33.3. The van der Waals surface area contributed by atoms with Crippen LogP contribution in [0.3, 0.4) is 0 Å². The Morgan fingerprint density at radius 2 is 1.86 bits per heavy atom. The molecule has 14 heavy (non-hydrogen) atoms. The van der Waals surface area contributed by atoms with E-state index in [2.05, 4.69) is 10.6 Å². The molecule has 2 N–H and O–H groups in total. The maximum Gasteiger partial charge on any atom is 0.318 e. The molecular weight excluding hydrogens is 184 g/mol. The first-order valence-corrected chi connectivity index (χ1v) is 4.40. The summed E-state index contributed by atoms with van der Waals surface area (Å²) >= 11 is 0. The fourth-order valence-corrected chi connectivity index (χ4v) is 1.21. The van der Waals surface area contributed by atoms with Crippen molar-refractivity contribution in [1.29, 1.82) is 0 Å². The van der Waals surface area contributed by atoms with Crippen LogP contribution in [0, 0.1) is 0 Å². The molecule has 0 radical (unpaired) electrons. The molecule has 0 atom stereocenters. The van der Waals surface area contributed by atoms with Crippen LogP contribution < -0.4 is 10.6 Å². The molecule has 1 rings (SSSR count). The van der Waals surface area contributed by atoms with Gasteiger partial charge in [-0.2, -0.15) is 0 Å². The largest absolute Gasteiger partial charge is 0.341 e. The lowest BCUT2D eigenvalue weighted by Crippen LogP contribution is -2.31. The van der Waals surface area contributed by atoms with E-state index in [9.17, 15) is 14.4 Å². The van der Waals surface area contributed by atoms with Gasteiger partial charge in [-0.25, -0.2) is 4.79 Å². The Bertz CT molecular complexity index is 289. The second-order valence-corrected chi connectivity index (χ2v) is 2.98. The zero-order chi connectivity index (χ0) is 10.6. The molecule has 2 amide bonds. The van der Waals surface area contributed by atoms with Gasteiger partial charge >= 0.3 is 6.03 Å². The molecule has 0 saturated heterocycles. The number of Topliss-reactive ketones (excluding diaryl/α,β-unsaturated/α-hetero) is 2. The van der Waals surface area contributed by atoms with Crippen molar-refractivity contribution in [1.82, 2.24) is 10.6 Å². The highest BCUT2D eigenvalue weighted by Crippen LogP contribution is 2.15. The number of hydrogen-bond acceptors (Lipinski definition) is 3. The lowest BCUT2D eigenvalue weighted by Gasteiger charge is -2.11. The van der Waals surface area contributed by atoms with E-state index in [1.54, 1.807) is 0 Å². The molecule has 0 aromatic heterocycles. The number of urea groups is 1. The van der Waals surface area contributed by atoms with E-state index in [1.165, 1.54) is 13.2 Å². The zero-order valence-corrected chi connectivity index (χ0v) is 7.92. The number of rotatable bonds is 1. The second-order valence-electron chi connectivity index (χ2n) is 2.98. The van der Waals surface area contributed by atoms with Crippen LogP contribution in [0.25, 0.3) is 0 Å². The van der Waals surface area contributed by atoms with Crippen LogP contribution >= 0.6 is 0 Å². The number of allylic oxidation sites excluding steroid dienone is 1. The molecule has 76 valence electrons. The molecule has 1 fully saturated rings. The summed E-state index contributed by atoms with van der Waals surface area (Å²) in [6.07, 6.45) is 2.55.